The second-order valence-corrected chi connectivity index (χ2v) is 17.7. The SMILES string of the molecule is CN(C)C(=O)SC(=O)[C@@]1(OC(=O)c2ccco2)CCC2[C@@H]3CCC4=Cc5c(cnn5-c5ccc(S(C)(=O)=O)cc5)C[C@]4(C)C3[C@@H](O)C[C@@]21C. The molecule has 4 aliphatic carbocycles. The summed E-state index contributed by atoms with van der Waals surface area (Å²) >= 11 is 0.550. The molecule has 7 atom stereocenters. The standard InChI is InChI=1S/C36H41N3O8S2/c1-34-18-21-20-37-39(23-9-11-24(12-10-23)49(5,44)45)27(21)17-22(34)8-13-25-26-14-15-36(32(42)48-33(43)38(3)4,35(26,2)19-28(40)30(25)34)47-31(41)29-7-6-16-46-29/h6-7,9-12,16-17,20,25-26,28,30,40H,8,13-15,18-19H2,1-5H3/t25-,26?,28-,30?,34-,35-,36-/m0/s1. The van der Waals surface area contributed by atoms with E-state index in [1.54, 1.807) is 44.4 Å². The molecule has 260 valence electrons. The summed E-state index contributed by atoms with van der Waals surface area (Å²) in [6.45, 7) is 4.17. The van der Waals surface area contributed by atoms with Crippen LogP contribution in [-0.2, 0) is 25.8 Å². The van der Waals surface area contributed by atoms with E-state index in [1.165, 1.54) is 29.1 Å². The number of amides is 1. The van der Waals surface area contributed by atoms with Crippen molar-refractivity contribution in [3.05, 3.63) is 71.4 Å². The number of aliphatic hydroxyl groups is 1. The van der Waals surface area contributed by atoms with Gasteiger partial charge in [0.2, 0.25) is 10.9 Å². The molecule has 0 bridgehead atoms. The van der Waals surface area contributed by atoms with Gasteiger partial charge in [0.1, 0.15) is 0 Å². The van der Waals surface area contributed by atoms with Gasteiger partial charge < -0.3 is 19.2 Å². The number of rotatable bonds is 5. The van der Waals surface area contributed by atoms with Gasteiger partial charge in [0.15, 0.2) is 15.4 Å². The van der Waals surface area contributed by atoms with Crippen molar-refractivity contribution in [1.29, 1.82) is 0 Å². The van der Waals surface area contributed by atoms with Crippen molar-refractivity contribution in [1.82, 2.24) is 14.7 Å². The zero-order valence-corrected chi connectivity index (χ0v) is 29.8. The molecule has 2 unspecified atom stereocenters. The Balaban J connectivity index is 1.22. The van der Waals surface area contributed by atoms with E-state index in [0.29, 0.717) is 24.6 Å². The van der Waals surface area contributed by atoms with Gasteiger partial charge >= 0.3 is 5.97 Å². The summed E-state index contributed by atoms with van der Waals surface area (Å²) < 4.78 is 37.4. The third-order valence-corrected chi connectivity index (χ3v) is 14.1. The number of esters is 1. The molecule has 3 fully saturated rings. The third-order valence-electron chi connectivity index (χ3n) is 11.9. The number of benzene rings is 1. The molecule has 1 amide bonds. The Hall–Kier alpha value is -3.68. The van der Waals surface area contributed by atoms with Crippen LogP contribution in [0.1, 0.15) is 67.8 Å². The predicted octanol–water partition coefficient (Wildman–Crippen LogP) is 5.56. The van der Waals surface area contributed by atoms with Crippen molar-refractivity contribution in [3.63, 3.8) is 0 Å². The van der Waals surface area contributed by atoms with Gasteiger partial charge in [-0.25, -0.2) is 17.9 Å². The number of fused-ring (bicyclic) bond motifs is 6. The highest BCUT2D eigenvalue weighted by molar-refractivity contribution is 8.26. The lowest BCUT2D eigenvalue weighted by atomic mass is 9.45. The molecule has 3 saturated carbocycles. The molecule has 3 aromatic rings. The van der Waals surface area contributed by atoms with Crippen molar-refractivity contribution in [2.24, 2.45) is 28.6 Å². The minimum absolute atomic E-state index is 0.0257. The molecule has 7 rings (SSSR count). The van der Waals surface area contributed by atoms with Crippen LogP contribution < -0.4 is 0 Å². The van der Waals surface area contributed by atoms with E-state index in [4.69, 9.17) is 14.3 Å². The van der Waals surface area contributed by atoms with Gasteiger partial charge in [-0.2, -0.15) is 5.10 Å². The number of aromatic nitrogens is 2. The molecule has 2 aromatic heterocycles. The Morgan fingerprint density at radius 2 is 1.86 bits per heavy atom. The van der Waals surface area contributed by atoms with Crippen LogP contribution in [0.2, 0.25) is 0 Å². The molecule has 13 heteroatoms. The summed E-state index contributed by atoms with van der Waals surface area (Å²) in [5, 5.41) is 15.9. The number of allylic oxidation sites excluding steroid dienone is 1. The normalized spacial score (nSPS) is 31.8. The lowest BCUT2D eigenvalue weighted by Crippen LogP contribution is -2.62. The molecule has 11 nitrogen and oxygen atoms in total. The summed E-state index contributed by atoms with van der Waals surface area (Å²) in [6, 6.07) is 9.76. The molecule has 0 spiro atoms. The molecule has 0 aliphatic heterocycles. The zero-order chi connectivity index (χ0) is 35.1. The number of ether oxygens (including phenoxy) is 1. The van der Waals surface area contributed by atoms with E-state index in [2.05, 4.69) is 13.0 Å². The first kappa shape index (κ1) is 33.8. The summed E-state index contributed by atoms with van der Waals surface area (Å²) in [6.07, 6.45) is 9.12. The number of sulfone groups is 1. The minimum Gasteiger partial charge on any atom is -0.457 e. The van der Waals surface area contributed by atoms with Crippen LogP contribution >= 0.6 is 11.8 Å². The number of hydrogen-bond donors (Lipinski definition) is 1. The lowest BCUT2D eigenvalue weighted by Gasteiger charge is -2.60. The van der Waals surface area contributed by atoms with Gasteiger partial charge in [0.25, 0.3) is 5.24 Å². The molecule has 0 radical (unpaired) electrons. The topological polar surface area (TPSA) is 149 Å². The van der Waals surface area contributed by atoms with Gasteiger partial charge in [-0.15, -0.1) is 0 Å². The van der Waals surface area contributed by atoms with Crippen LogP contribution in [0, 0.1) is 28.6 Å². The van der Waals surface area contributed by atoms with Gasteiger partial charge in [-0.3, -0.25) is 9.59 Å². The zero-order valence-electron chi connectivity index (χ0n) is 28.2. The van der Waals surface area contributed by atoms with Crippen molar-refractivity contribution >= 4 is 44.0 Å². The number of carbonyl (C=O) groups excluding carboxylic acids is 3. The first-order chi connectivity index (χ1) is 23.1. The maximum absolute atomic E-state index is 14.2. The maximum atomic E-state index is 14.2. The van der Waals surface area contributed by atoms with Crippen LogP contribution in [0.25, 0.3) is 11.8 Å². The van der Waals surface area contributed by atoms with Crippen LogP contribution in [0.15, 0.2) is 63.7 Å². The Morgan fingerprint density at radius 3 is 2.51 bits per heavy atom. The molecule has 1 N–H and O–H groups in total. The Bertz CT molecular complexity index is 1970. The van der Waals surface area contributed by atoms with Gasteiger partial charge in [0, 0.05) is 37.5 Å². The molecule has 1 aromatic carbocycles. The largest absolute Gasteiger partial charge is 0.457 e. The van der Waals surface area contributed by atoms with Crippen molar-refractivity contribution < 1.29 is 37.1 Å². The first-order valence-corrected chi connectivity index (χ1v) is 19.3. The summed E-state index contributed by atoms with van der Waals surface area (Å²) in [5.41, 5.74) is 1.06. The van der Waals surface area contributed by atoms with E-state index in [9.17, 15) is 27.9 Å². The Kier molecular flexibility index (Phi) is 8.07. The van der Waals surface area contributed by atoms with E-state index < -0.39 is 43.3 Å². The molecular formula is C36H41N3O8S2. The predicted molar refractivity (Wildman–Crippen MR) is 183 cm³/mol. The lowest BCUT2D eigenvalue weighted by molar-refractivity contribution is -0.175. The van der Waals surface area contributed by atoms with Gasteiger partial charge in [-0.1, -0.05) is 19.4 Å². The Morgan fingerprint density at radius 1 is 1.12 bits per heavy atom. The highest BCUT2D eigenvalue weighted by atomic mass is 32.2. The average Bonchev–Trinajstić information content (AvgIpc) is 3.78. The number of thioether (sulfide) groups is 1. The number of carbonyl (C=O) groups is 3. The van der Waals surface area contributed by atoms with Crippen LogP contribution in [0.3, 0.4) is 0 Å². The summed E-state index contributed by atoms with van der Waals surface area (Å²) in [7, 11) is -0.186. The highest BCUT2D eigenvalue weighted by Gasteiger charge is 2.71. The molecular weight excluding hydrogens is 667 g/mol. The van der Waals surface area contributed by atoms with Gasteiger partial charge in [0.05, 0.1) is 34.8 Å². The van der Waals surface area contributed by atoms with E-state index in [0.717, 1.165) is 29.8 Å². The van der Waals surface area contributed by atoms with Crippen molar-refractivity contribution in [3.8, 4) is 5.69 Å². The fraction of sp³-hybridized carbons (Fsp3) is 0.500. The number of furan rings is 1. The van der Waals surface area contributed by atoms with Gasteiger partial charge in [-0.05, 0) is 110 Å². The fourth-order valence-corrected chi connectivity index (χ4v) is 11.1. The second-order valence-electron chi connectivity index (χ2n) is 14.8. The highest BCUT2D eigenvalue weighted by Crippen LogP contribution is 2.69. The second kappa shape index (κ2) is 11.7. The number of nitrogens with zero attached hydrogens (tertiary/aromatic N) is 3. The number of aliphatic hydroxyl groups excluding tert-OH is 1. The molecule has 0 saturated heterocycles. The summed E-state index contributed by atoms with van der Waals surface area (Å²) in [4.78, 5) is 42.0. The average molecular weight is 708 g/mol. The Labute approximate surface area is 290 Å². The summed E-state index contributed by atoms with van der Waals surface area (Å²) in [5.74, 6) is -0.901. The number of hydrogen-bond acceptors (Lipinski definition) is 10. The minimum atomic E-state index is -3.33. The smallest absolute Gasteiger partial charge is 0.375 e. The van der Waals surface area contributed by atoms with Crippen LogP contribution in [-0.4, -0.2) is 76.6 Å². The van der Waals surface area contributed by atoms with E-state index in [1.807, 2.05) is 17.8 Å². The van der Waals surface area contributed by atoms with Crippen molar-refractivity contribution in [2.75, 3.05) is 20.4 Å². The fourth-order valence-electron chi connectivity index (χ4n) is 9.61. The van der Waals surface area contributed by atoms with Crippen molar-refractivity contribution in [2.45, 2.75) is 69.0 Å². The maximum Gasteiger partial charge on any atom is 0.375 e. The molecule has 4 aliphatic rings. The molecule has 2 heterocycles. The molecule has 49 heavy (non-hydrogen) atoms. The van der Waals surface area contributed by atoms with E-state index >= 15 is 0 Å². The monoisotopic (exact) mass is 707 g/mol. The van der Waals surface area contributed by atoms with E-state index in [-0.39, 0.29) is 46.7 Å². The first-order valence-electron chi connectivity index (χ1n) is 16.6. The van der Waals surface area contributed by atoms with Crippen LogP contribution in [0.4, 0.5) is 4.79 Å². The third kappa shape index (κ3) is 5.22. The van der Waals surface area contributed by atoms with Crippen LogP contribution in [0.5, 0.6) is 0 Å². The quantitative estimate of drug-likeness (QED) is 0.334.